The van der Waals surface area contributed by atoms with E-state index in [9.17, 15) is 9.59 Å². The molecule has 1 atom stereocenters. The Morgan fingerprint density at radius 1 is 1.40 bits per heavy atom. The molecule has 0 saturated heterocycles. The Bertz CT molecular complexity index is 547. The maximum Gasteiger partial charge on any atom is 0.338 e. The van der Waals surface area contributed by atoms with E-state index in [4.69, 9.17) is 10.5 Å². The van der Waals surface area contributed by atoms with Gasteiger partial charge in [0.25, 0.3) is 0 Å². The van der Waals surface area contributed by atoms with Gasteiger partial charge in [-0.1, -0.05) is 0 Å². The number of amides is 1. The molecule has 1 aromatic carbocycles. The molecule has 20 heavy (non-hydrogen) atoms. The zero-order chi connectivity index (χ0) is 14.9. The molecular formula is C15H20N2O3. The molecule has 0 aliphatic carbocycles. The van der Waals surface area contributed by atoms with E-state index in [1.807, 2.05) is 20.8 Å². The molecule has 3 N–H and O–H groups in total. The highest BCUT2D eigenvalue weighted by Crippen LogP contribution is 2.24. The first-order valence-corrected chi connectivity index (χ1v) is 6.69. The minimum Gasteiger partial charge on any atom is -0.456 e. The topological polar surface area (TPSA) is 81.4 Å². The molecule has 0 radical (unpaired) electrons. The highest BCUT2D eigenvalue weighted by molar-refractivity contribution is 5.97. The molecule has 1 amide bonds. The fraction of sp³-hybridized carbons (Fsp3) is 0.467. The lowest BCUT2D eigenvalue weighted by atomic mass is 10.0. The van der Waals surface area contributed by atoms with Gasteiger partial charge < -0.3 is 15.8 Å². The molecule has 5 heteroatoms. The predicted molar refractivity (Wildman–Crippen MR) is 76.5 cm³/mol. The minimum atomic E-state index is -0.527. The zero-order valence-electron chi connectivity index (χ0n) is 12.0. The van der Waals surface area contributed by atoms with Gasteiger partial charge in [0.1, 0.15) is 5.60 Å². The molecule has 0 spiro atoms. The van der Waals surface area contributed by atoms with Gasteiger partial charge in [-0.05, 0) is 57.4 Å². The van der Waals surface area contributed by atoms with Crippen molar-refractivity contribution in [3.63, 3.8) is 0 Å². The molecule has 2 rings (SSSR count). The zero-order valence-corrected chi connectivity index (χ0v) is 12.0. The van der Waals surface area contributed by atoms with Gasteiger partial charge in [0.05, 0.1) is 11.6 Å². The average Bonchev–Trinajstić information content (AvgIpc) is 2.47. The first kappa shape index (κ1) is 14.5. The minimum absolute atomic E-state index is 0.186. The largest absolute Gasteiger partial charge is 0.456 e. The van der Waals surface area contributed by atoms with E-state index in [0.717, 1.165) is 11.3 Å². The van der Waals surface area contributed by atoms with Crippen LogP contribution in [-0.2, 0) is 16.0 Å². The number of aryl methyl sites for hydroxylation is 1. The summed E-state index contributed by atoms with van der Waals surface area (Å²) >= 11 is 0. The number of ether oxygens (including phenoxy) is 1. The van der Waals surface area contributed by atoms with Crippen LogP contribution in [0.3, 0.4) is 0 Å². The summed E-state index contributed by atoms with van der Waals surface area (Å²) in [5.74, 6) is -0.547. The van der Waals surface area contributed by atoms with Crippen molar-refractivity contribution in [3.8, 4) is 0 Å². The number of carbonyl (C=O) groups is 2. The first-order valence-electron chi connectivity index (χ1n) is 6.69. The second-order valence-corrected chi connectivity index (χ2v) is 6.01. The molecule has 0 fully saturated rings. The summed E-state index contributed by atoms with van der Waals surface area (Å²) in [6.45, 7) is 5.48. The van der Waals surface area contributed by atoms with Crippen molar-refractivity contribution in [3.05, 3.63) is 29.3 Å². The Balaban J connectivity index is 2.24. The lowest BCUT2D eigenvalue weighted by molar-refractivity contribution is -0.117. The van der Waals surface area contributed by atoms with Gasteiger partial charge in [-0.15, -0.1) is 0 Å². The van der Waals surface area contributed by atoms with Crippen LogP contribution in [0.1, 0.15) is 43.1 Å². The van der Waals surface area contributed by atoms with Crippen molar-refractivity contribution in [2.75, 3.05) is 5.32 Å². The summed E-state index contributed by atoms with van der Waals surface area (Å²) in [6.07, 6.45) is 1.22. The Morgan fingerprint density at radius 3 is 2.75 bits per heavy atom. The molecule has 1 aromatic rings. The third kappa shape index (κ3) is 3.36. The van der Waals surface area contributed by atoms with Gasteiger partial charge in [0.15, 0.2) is 0 Å². The number of anilines is 1. The van der Waals surface area contributed by atoms with Crippen LogP contribution in [0.5, 0.6) is 0 Å². The molecule has 5 nitrogen and oxygen atoms in total. The van der Waals surface area contributed by atoms with Crippen LogP contribution in [0.25, 0.3) is 0 Å². The number of fused-ring (bicyclic) bond motifs is 1. The summed E-state index contributed by atoms with van der Waals surface area (Å²) in [7, 11) is 0. The van der Waals surface area contributed by atoms with Crippen LogP contribution in [0.4, 0.5) is 5.69 Å². The quantitative estimate of drug-likeness (QED) is 0.767. The Morgan fingerprint density at radius 2 is 2.10 bits per heavy atom. The molecule has 0 saturated carbocycles. The number of carbonyl (C=O) groups excluding carboxylic acids is 2. The van der Waals surface area contributed by atoms with Gasteiger partial charge in [-0.25, -0.2) is 4.79 Å². The normalized spacial score (nSPS) is 18.8. The standard InChI is InChI=1S/C15H20N2O3/c1-15(2,3)20-14(19)10-5-7-12-9(8-10)4-6-11(16)13(18)17-12/h5,7-8,11H,4,6,16H2,1-3H3,(H,17,18). The summed E-state index contributed by atoms with van der Waals surface area (Å²) < 4.78 is 5.34. The summed E-state index contributed by atoms with van der Waals surface area (Å²) in [6, 6.07) is 4.64. The number of benzene rings is 1. The molecular weight excluding hydrogens is 256 g/mol. The molecule has 0 bridgehead atoms. The van der Waals surface area contributed by atoms with E-state index < -0.39 is 11.6 Å². The first-order chi connectivity index (χ1) is 9.26. The van der Waals surface area contributed by atoms with Crippen LogP contribution in [0, 0.1) is 0 Å². The monoisotopic (exact) mass is 276 g/mol. The van der Waals surface area contributed by atoms with E-state index >= 15 is 0 Å². The Kier molecular flexibility index (Phi) is 3.81. The van der Waals surface area contributed by atoms with Gasteiger partial charge in [0.2, 0.25) is 5.91 Å². The van der Waals surface area contributed by atoms with Gasteiger partial charge in [-0.2, -0.15) is 0 Å². The van der Waals surface area contributed by atoms with Crippen LogP contribution in [-0.4, -0.2) is 23.5 Å². The molecule has 0 aromatic heterocycles. The number of hydrogen-bond acceptors (Lipinski definition) is 4. The third-order valence-electron chi connectivity index (χ3n) is 3.06. The van der Waals surface area contributed by atoms with Crippen LogP contribution < -0.4 is 11.1 Å². The van der Waals surface area contributed by atoms with Crippen molar-refractivity contribution in [2.24, 2.45) is 5.73 Å². The fourth-order valence-electron chi connectivity index (χ4n) is 2.05. The number of rotatable bonds is 1. The summed E-state index contributed by atoms with van der Waals surface area (Å²) in [4.78, 5) is 23.7. The molecule has 108 valence electrons. The van der Waals surface area contributed by atoms with Gasteiger partial charge in [0, 0.05) is 5.69 Å². The number of nitrogens with one attached hydrogen (secondary N) is 1. The maximum atomic E-state index is 12.0. The second kappa shape index (κ2) is 5.25. The van der Waals surface area contributed by atoms with Gasteiger partial charge in [-0.3, -0.25) is 4.79 Å². The number of nitrogens with two attached hydrogens (primary N) is 1. The lowest BCUT2D eigenvalue weighted by Gasteiger charge is -2.20. The van der Waals surface area contributed by atoms with Crippen molar-refractivity contribution in [2.45, 2.75) is 45.3 Å². The molecule has 1 heterocycles. The average molecular weight is 276 g/mol. The van der Waals surface area contributed by atoms with E-state index in [1.54, 1.807) is 18.2 Å². The smallest absolute Gasteiger partial charge is 0.338 e. The SMILES string of the molecule is CC(C)(C)OC(=O)c1ccc2c(c1)CCC(N)C(=O)N2. The Labute approximate surface area is 118 Å². The summed E-state index contributed by atoms with van der Waals surface area (Å²) in [5, 5.41) is 2.77. The lowest BCUT2D eigenvalue weighted by Crippen LogP contribution is -2.34. The predicted octanol–water partition coefficient (Wildman–Crippen LogP) is 1.85. The van der Waals surface area contributed by atoms with E-state index in [2.05, 4.69) is 5.32 Å². The van der Waals surface area contributed by atoms with Crippen molar-refractivity contribution < 1.29 is 14.3 Å². The van der Waals surface area contributed by atoms with E-state index in [1.165, 1.54) is 0 Å². The molecule has 1 aliphatic rings. The van der Waals surface area contributed by atoms with E-state index in [0.29, 0.717) is 18.4 Å². The van der Waals surface area contributed by atoms with Crippen LogP contribution in [0.2, 0.25) is 0 Å². The highest BCUT2D eigenvalue weighted by atomic mass is 16.6. The van der Waals surface area contributed by atoms with Crippen molar-refractivity contribution in [1.82, 2.24) is 0 Å². The maximum absolute atomic E-state index is 12.0. The van der Waals surface area contributed by atoms with Crippen LogP contribution >= 0.6 is 0 Å². The third-order valence-corrected chi connectivity index (χ3v) is 3.06. The second-order valence-electron chi connectivity index (χ2n) is 6.01. The Hall–Kier alpha value is -1.88. The van der Waals surface area contributed by atoms with Crippen molar-refractivity contribution >= 4 is 17.6 Å². The number of hydrogen-bond donors (Lipinski definition) is 2. The summed E-state index contributed by atoms with van der Waals surface area (Å²) in [5.41, 5.74) is 7.33. The molecule has 1 aliphatic heterocycles. The van der Waals surface area contributed by atoms with Crippen molar-refractivity contribution in [1.29, 1.82) is 0 Å². The fourth-order valence-corrected chi connectivity index (χ4v) is 2.05. The van der Waals surface area contributed by atoms with Crippen LogP contribution in [0.15, 0.2) is 18.2 Å². The van der Waals surface area contributed by atoms with Gasteiger partial charge >= 0.3 is 5.97 Å². The highest BCUT2D eigenvalue weighted by Gasteiger charge is 2.22. The van der Waals surface area contributed by atoms with E-state index in [-0.39, 0.29) is 11.9 Å². The number of esters is 1. The molecule has 1 unspecified atom stereocenters.